The molecule has 3 aromatic rings. The first-order valence-corrected chi connectivity index (χ1v) is 11.4. The van der Waals surface area contributed by atoms with Crippen LogP contribution < -0.4 is 15.8 Å². The Labute approximate surface area is 189 Å². The number of carbonyl (C=O) groups excluding carboxylic acids is 1. The molecular weight excluding hydrogens is 459 g/mol. The number of aromatic hydroxyl groups is 1. The van der Waals surface area contributed by atoms with Crippen molar-refractivity contribution in [2.45, 2.75) is 30.8 Å². The number of nitrogens with zero attached hydrogens (tertiary/aromatic N) is 1. The van der Waals surface area contributed by atoms with Gasteiger partial charge in [0.05, 0.1) is 5.52 Å². The molecule has 1 heterocycles. The van der Waals surface area contributed by atoms with Crippen molar-refractivity contribution in [2.75, 3.05) is 6.54 Å². The zero-order chi connectivity index (χ0) is 23.7. The van der Waals surface area contributed by atoms with E-state index < -0.39 is 37.9 Å². The van der Waals surface area contributed by atoms with Crippen LogP contribution in [-0.2, 0) is 16.6 Å². The van der Waals surface area contributed by atoms with Crippen LogP contribution in [0.5, 0.6) is 5.75 Å². The summed E-state index contributed by atoms with van der Waals surface area (Å²) in [7, 11) is -4.20. The van der Waals surface area contributed by atoms with E-state index in [2.05, 4.69) is 15.0 Å². The molecule has 0 atom stereocenters. The van der Waals surface area contributed by atoms with Crippen LogP contribution in [0.3, 0.4) is 0 Å². The first-order chi connectivity index (χ1) is 14.9. The van der Waals surface area contributed by atoms with Crippen molar-refractivity contribution >= 4 is 38.4 Å². The number of nitrogens with two attached hydrogens (primary N) is 1. The lowest BCUT2D eigenvalue weighted by atomic mass is 10.1. The summed E-state index contributed by atoms with van der Waals surface area (Å²) in [4.78, 5) is 16.1. The van der Waals surface area contributed by atoms with Gasteiger partial charge in [-0.25, -0.2) is 17.5 Å². The molecule has 1 aromatic heterocycles. The Hall–Kier alpha value is -2.79. The molecule has 0 spiro atoms. The Morgan fingerprint density at radius 2 is 1.91 bits per heavy atom. The zero-order valence-corrected chi connectivity index (χ0v) is 18.9. The number of nitrogens with one attached hydrogen (secondary N) is 2. The summed E-state index contributed by atoms with van der Waals surface area (Å²) in [6, 6.07) is 8.50. The molecule has 0 saturated carbocycles. The summed E-state index contributed by atoms with van der Waals surface area (Å²) >= 11 is 5.83. The van der Waals surface area contributed by atoms with Crippen LogP contribution in [0.25, 0.3) is 10.9 Å². The minimum Gasteiger partial charge on any atom is -0.506 e. The van der Waals surface area contributed by atoms with E-state index in [1.165, 1.54) is 0 Å². The van der Waals surface area contributed by atoms with E-state index in [0.717, 1.165) is 23.9 Å². The van der Waals surface area contributed by atoms with Gasteiger partial charge in [-0.3, -0.25) is 9.78 Å². The Morgan fingerprint density at radius 1 is 1.25 bits per heavy atom. The van der Waals surface area contributed by atoms with Crippen molar-refractivity contribution in [2.24, 2.45) is 5.73 Å². The summed E-state index contributed by atoms with van der Waals surface area (Å²) in [5.41, 5.74) is 5.33. The highest BCUT2D eigenvalue weighted by Crippen LogP contribution is 2.32. The number of hydrogen-bond donors (Lipinski definition) is 4. The third kappa shape index (κ3) is 5.52. The van der Waals surface area contributed by atoms with Crippen molar-refractivity contribution < 1.29 is 22.7 Å². The molecule has 0 aliphatic rings. The van der Waals surface area contributed by atoms with Crippen molar-refractivity contribution in [1.82, 2.24) is 15.0 Å². The van der Waals surface area contributed by atoms with E-state index in [9.17, 15) is 22.7 Å². The van der Waals surface area contributed by atoms with E-state index >= 15 is 0 Å². The Kier molecular flexibility index (Phi) is 6.70. The number of amides is 1. The molecule has 5 N–H and O–H groups in total. The lowest BCUT2D eigenvalue weighted by molar-refractivity contribution is 0.0948. The van der Waals surface area contributed by atoms with E-state index in [1.54, 1.807) is 38.1 Å². The van der Waals surface area contributed by atoms with E-state index in [4.69, 9.17) is 17.3 Å². The van der Waals surface area contributed by atoms with Crippen LogP contribution in [0.2, 0.25) is 5.02 Å². The first kappa shape index (κ1) is 23.9. The number of fused-ring (bicyclic) bond motifs is 1. The second kappa shape index (κ2) is 8.99. The van der Waals surface area contributed by atoms with Gasteiger partial charge in [0, 0.05) is 35.2 Å². The van der Waals surface area contributed by atoms with Gasteiger partial charge in [0.25, 0.3) is 5.91 Å². The van der Waals surface area contributed by atoms with Crippen LogP contribution >= 0.6 is 11.6 Å². The van der Waals surface area contributed by atoms with Crippen molar-refractivity contribution in [1.29, 1.82) is 0 Å². The summed E-state index contributed by atoms with van der Waals surface area (Å²) in [5, 5.41) is 13.6. The van der Waals surface area contributed by atoms with E-state index in [0.29, 0.717) is 5.02 Å². The highest BCUT2D eigenvalue weighted by Gasteiger charge is 2.25. The normalized spacial score (nSPS) is 12.2. The standard InChI is InChI=1S/C21H22ClFN4O4S/c1-21(2,24)11-27-32(30,31)17-8-14(23)7-15-18(17)25-10-16(19(15)28)20(29)26-9-12-3-5-13(22)6-4-12/h3-8,10,27H,9,11,24H2,1-2H3,(H,25,28)(H,26,29). The summed E-state index contributed by atoms with van der Waals surface area (Å²) in [6.07, 6.45) is 1.04. The van der Waals surface area contributed by atoms with Gasteiger partial charge in [-0.1, -0.05) is 23.7 Å². The third-order valence-electron chi connectivity index (χ3n) is 4.49. The molecular formula is C21H22ClFN4O4S. The van der Waals surface area contributed by atoms with Gasteiger partial charge in [0.15, 0.2) is 0 Å². The molecule has 170 valence electrons. The minimum atomic E-state index is -4.20. The van der Waals surface area contributed by atoms with Crippen LogP contribution in [0.1, 0.15) is 29.8 Å². The van der Waals surface area contributed by atoms with Crippen molar-refractivity contribution in [3.8, 4) is 5.75 Å². The minimum absolute atomic E-state index is 0.107. The highest BCUT2D eigenvalue weighted by molar-refractivity contribution is 7.89. The van der Waals surface area contributed by atoms with Crippen LogP contribution in [0.4, 0.5) is 4.39 Å². The number of sulfonamides is 1. The molecule has 2 aromatic carbocycles. The molecule has 8 nitrogen and oxygen atoms in total. The summed E-state index contributed by atoms with van der Waals surface area (Å²) < 4.78 is 42.0. The maximum Gasteiger partial charge on any atom is 0.256 e. The monoisotopic (exact) mass is 480 g/mol. The number of carbonyl (C=O) groups is 1. The van der Waals surface area contributed by atoms with Gasteiger partial charge >= 0.3 is 0 Å². The molecule has 0 unspecified atom stereocenters. The van der Waals surface area contributed by atoms with Gasteiger partial charge < -0.3 is 16.2 Å². The Bertz CT molecular complexity index is 1280. The fraction of sp³-hybridized carbons (Fsp3) is 0.238. The second-order valence-electron chi connectivity index (χ2n) is 7.94. The summed E-state index contributed by atoms with van der Waals surface area (Å²) in [5.74, 6) is -2.16. The van der Waals surface area contributed by atoms with Crippen molar-refractivity contribution in [3.05, 3.63) is 64.6 Å². The fourth-order valence-corrected chi connectivity index (χ4v) is 4.36. The molecule has 0 aliphatic heterocycles. The second-order valence-corrected chi connectivity index (χ2v) is 10.1. The maximum atomic E-state index is 14.2. The number of aromatic nitrogens is 1. The number of rotatable bonds is 7. The smallest absolute Gasteiger partial charge is 0.256 e. The molecule has 11 heteroatoms. The molecule has 0 aliphatic carbocycles. The molecule has 0 fully saturated rings. The van der Waals surface area contributed by atoms with Gasteiger partial charge in [-0.05, 0) is 43.7 Å². The average molecular weight is 481 g/mol. The Balaban J connectivity index is 1.94. The highest BCUT2D eigenvalue weighted by atomic mass is 35.5. The quantitative estimate of drug-likeness (QED) is 0.410. The number of benzene rings is 2. The third-order valence-corrected chi connectivity index (χ3v) is 6.16. The predicted octanol–water partition coefficient (Wildman–Crippen LogP) is 2.68. The van der Waals surface area contributed by atoms with Crippen LogP contribution in [-0.4, -0.2) is 36.5 Å². The topological polar surface area (TPSA) is 134 Å². The van der Waals surface area contributed by atoms with E-state index in [-0.39, 0.29) is 29.6 Å². The lowest BCUT2D eigenvalue weighted by Crippen LogP contribution is -2.45. The SMILES string of the molecule is CC(C)(N)CNS(=O)(=O)c1cc(F)cc2c(O)c(C(=O)NCc3ccc(Cl)cc3)cnc12. The molecule has 3 rings (SSSR count). The van der Waals surface area contributed by atoms with Crippen molar-refractivity contribution in [3.63, 3.8) is 0 Å². The molecule has 32 heavy (non-hydrogen) atoms. The Morgan fingerprint density at radius 3 is 2.53 bits per heavy atom. The lowest BCUT2D eigenvalue weighted by Gasteiger charge is -2.19. The zero-order valence-electron chi connectivity index (χ0n) is 17.3. The first-order valence-electron chi connectivity index (χ1n) is 9.50. The maximum absolute atomic E-state index is 14.2. The molecule has 0 bridgehead atoms. The average Bonchev–Trinajstić information content (AvgIpc) is 2.71. The van der Waals surface area contributed by atoms with Gasteiger partial charge in [-0.2, -0.15) is 0 Å². The van der Waals surface area contributed by atoms with Crippen LogP contribution in [0, 0.1) is 5.82 Å². The summed E-state index contributed by atoms with van der Waals surface area (Å²) in [6.45, 7) is 3.29. The van der Waals surface area contributed by atoms with E-state index in [1.807, 2.05) is 0 Å². The molecule has 0 saturated heterocycles. The largest absolute Gasteiger partial charge is 0.506 e. The van der Waals surface area contributed by atoms with Gasteiger partial charge in [-0.15, -0.1) is 0 Å². The predicted molar refractivity (Wildman–Crippen MR) is 119 cm³/mol. The fourth-order valence-electron chi connectivity index (χ4n) is 2.83. The molecule has 0 radical (unpaired) electrons. The molecule has 1 amide bonds. The number of hydrogen-bond acceptors (Lipinski definition) is 6. The number of halogens is 2. The van der Waals surface area contributed by atoms with Gasteiger partial charge in [0.1, 0.15) is 22.0 Å². The van der Waals surface area contributed by atoms with Crippen LogP contribution in [0.15, 0.2) is 47.5 Å². The van der Waals surface area contributed by atoms with Gasteiger partial charge in [0.2, 0.25) is 10.0 Å². The number of pyridine rings is 1.